The Kier molecular flexibility index (Phi) is 9.76. The van der Waals surface area contributed by atoms with Crippen molar-refractivity contribution in [2.24, 2.45) is 0 Å². The molecule has 0 fully saturated rings. The van der Waals surface area contributed by atoms with Gasteiger partial charge in [-0.3, -0.25) is 0 Å². The normalized spacial score (nSPS) is 12.6. The summed E-state index contributed by atoms with van der Waals surface area (Å²) in [5, 5.41) is 5.73. The number of urea groups is 1. The number of carbonyl (C=O) groups is 1. The van der Waals surface area contributed by atoms with Gasteiger partial charge in [-0.2, -0.15) is 0 Å². The molecule has 0 saturated carbocycles. The van der Waals surface area contributed by atoms with E-state index in [2.05, 4.69) is 93.5 Å². The average molecular weight is 451 g/mol. The average Bonchev–Trinajstić information content (AvgIpc) is 2.80. The van der Waals surface area contributed by atoms with E-state index < -0.39 is 0 Å². The largest absolute Gasteiger partial charge is 0.493 e. The number of nitrogens with one attached hydrogen (secondary N) is 2. The monoisotopic (exact) mass is 450 g/mol. The number of hydrogen-bond acceptors (Lipinski definition) is 2. The molecule has 1 aliphatic heterocycles. The minimum Gasteiger partial charge on any atom is -0.493 e. The minimum absolute atomic E-state index is 0. The molecule has 4 nitrogen and oxygen atoms in total. The van der Waals surface area contributed by atoms with E-state index in [1.165, 1.54) is 0 Å². The van der Waals surface area contributed by atoms with Gasteiger partial charge in [0.1, 0.15) is 5.75 Å². The Morgan fingerprint density at radius 1 is 0.909 bits per heavy atom. The molecular formula is C29H42N2O2. The van der Waals surface area contributed by atoms with Crippen molar-refractivity contribution in [2.45, 2.75) is 33.7 Å². The fraction of sp³-hybridized carbons (Fsp3) is 0.207. The van der Waals surface area contributed by atoms with E-state index in [4.69, 9.17) is 4.74 Å². The number of hydrogen-bond donors (Lipinski definition) is 2. The summed E-state index contributed by atoms with van der Waals surface area (Å²) in [6.45, 7) is 7.92. The zero-order valence-corrected chi connectivity index (χ0v) is 18.8. The second-order valence-electron chi connectivity index (χ2n) is 6.36. The summed E-state index contributed by atoms with van der Waals surface area (Å²) in [5.74, 6) is 37.6. The highest BCUT2D eigenvalue weighted by Gasteiger charge is 2.28. The van der Waals surface area contributed by atoms with Gasteiger partial charge in [-0.1, -0.05) is 17.9 Å². The maximum Gasteiger partial charge on any atom is 0.319 e. The molecule has 33 heavy (non-hydrogen) atoms. The van der Waals surface area contributed by atoms with Crippen LogP contribution in [-0.4, -0.2) is 12.6 Å². The van der Waals surface area contributed by atoms with E-state index in [0.717, 1.165) is 16.8 Å². The smallest absolute Gasteiger partial charge is 0.319 e. The van der Waals surface area contributed by atoms with Gasteiger partial charge in [-0.15, -0.1) is 0 Å². The summed E-state index contributed by atoms with van der Waals surface area (Å²) >= 11 is 0. The number of allylic oxidation sites excluding steroid dienone is 1. The fourth-order valence-corrected chi connectivity index (χ4v) is 2.76. The Morgan fingerprint density at radius 3 is 2.06 bits per heavy atom. The molecule has 2 amide bonds. The van der Waals surface area contributed by atoms with Crippen LogP contribution in [0.2, 0.25) is 0 Å². The first kappa shape index (κ1) is 24.2. The van der Waals surface area contributed by atoms with Crippen molar-refractivity contribution in [1.82, 2.24) is 10.6 Å². The van der Waals surface area contributed by atoms with Gasteiger partial charge >= 0.3 is 6.03 Å². The Balaban J connectivity index is -0.000000131. The van der Waals surface area contributed by atoms with E-state index in [0.29, 0.717) is 17.9 Å². The highest BCUT2D eigenvalue weighted by Crippen LogP contribution is 2.35. The van der Waals surface area contributed by atoms with Gasteiger partial charge in [-0.25, -0.2) is 4.79 Å². The molecule has 1 aromatic rings. The number of amides is 2. The van der Waals surface area contributed by atoms with Crippen LogP contribution in [0.15, 0.2) is 29.5 Å². The van der Waals surface area contributed by atoms with Crippen LogP contribution >= 0.6 is 0 Å². The fourth-order valence-electron chi connectivity index (χ4n) is 2.76. The lowest BCUT2D eigenvalue weighted by Crippen LogP contribution is -2.43. The third-order valence-corrected chi connectivity index (χ3v) is 4.27. The lowest BCUT2D eigenvalue weighted by Gasteiger charge is -2.29. The van der Waals surface area contributed by atoms with Gasteiger partial charge in [0.2, 0.25) is 0 Å². The molecule has 0 aliphatic carbocycles. The van der Waals surface area contributed by atoms with Crippen LogP contribution in [0.5, 0.6) is 5.75 Å². The molecule has 180 valence electrons. The Morgan fingerprint density at radius 2 is 1.48 bits per heavy atom. The highest BCUT2D eigenvalue weighted by atomic mass is 16.5. The summed E-state index contributed by atoms with van der Waals surface area (Å²) in [7, 11) is 0. The van der Waals surface area contributed by atoms with Crippen molar-refractivity contribution in [2.75, 3.05) is 6.61 Å². The molecule has 2 rings (SSSR count). The van der Waals surface area contributed by atoms with Gasteiger partial charge in [0.25, 0.3) is 0 Å². The first-order chi connectivity index (χ1) is 16.1. The molecule has 0 saturated heterocycles. The van der Waals surface area contributed by atoms with Crippen LogP contribution in [-0.2, 0) is 0 Å². The zero-order valence-electron chi connectivity index (χ0n) is 18.8. The van der Waals surface area contributed by atoms with E-state index in [1.807, 2.05) is 39.0 Å². The summed E-state index contributed by atoms with van der Waals surface area (Å²) in [6, 6.07) is 4.97. The molecule has 4 heteroatoms. The first-order valence-corrected chi connectivity index (χ1v) is 10.0. The van der Waals surface area contributed by atoms with Crippen molar-refractivity contribution < 1.29 is 25.2 Å². The number of benzene rings is 1. The van der Waals surface area contributed by atoms with Crippen molar-refractivity contribution in [3.8, 4) is 88.6 Å². The topological polar surface area (TPSA) is 50.4 Å². The van der Waals surface area contributed by atoms with E-state index in [1.54, 1.807) is 6.92 Å². The van der Waals surface area contributed by atoms with Crippen LogP contribution in [0.4, 0.5) is 4.79 Å². The van der Waals surface area contributed by atoms with Crippen molar-refractivity contribution >= 4 is 6.03 Å². The zero-order chi connectivity index (χ0) is 23.9. The van der Waals surface area contributed by atoms with Crippen molar-refractivity contribution in [3.63, 3.8) is 0 Å². The Labute approximate surface area is 212 Å². The summed E-state index contributed by atoms with van der Waals surface area (Å²) in [4.78, 5) is 12.1. The molecule has 0 spiro atoms. The van der Waals surface area contributed by atoms with Crippen LogP contribution in [0, 0.1) is 82.9 Å². The molecule has 2 N–H and O–H groups in total. The Hall–Kier alpha value is -5.05. The molecule has 0 aromatic heterocycles. The molecule has 0 radical (unpaired) electrons. The first-order valence-electron chi connectivity index (χ1n) is 10.0. The predicted octanol–water partition coefficient (Wildman–Crippen LogP) is 5.83. The maximum absolute atomic E-state index is 12.1. The molecular weight excluding hydrogens is 408 g/mol. The molecule has 1 atom stereocenters. The third kappa shape index (κ3) is 7.61. The highest BCUT2D eigenvalue weighted by molar-refractivity contribution is 5.79. The van der Waals surface area contributed by atoms with E-state index >= 15 is 0 Å². The summed E-state index contributed by atoms with van der Waals surface area (Å²) in [6.07, 6.45) is 0. The second kappa shape index (κ2) is 13.3. The van der Waals surface area contributed by atoms with Gasteiger partial charge < -0.3 is 15.4 Å². The second-order valence-corrected chi connectivity index (χ2v) is 6.36. The van der Waals surface area contributed by atoms with Gasteiger partial charge in [-0.05, 0) is 116 Å². The van der Waals surface area contributed by atoms with Crippen molar-refractivity contribution in [1.29, 1.82) is 0 Å². The molecule has 1 aromatic carbocycles. The number of ether oxygens (including phenoxy) is 1. The van der Waals surface area contributed by atoms with E-state index in [9.17, 15) is 4.79 Å². The Bertz CT molecular complexity index is 1450. The summed E-state index contributed by atoms with van der Waals surface area (Å²) < 4.78 is 5.81. The molecule has 1 unspecified atom stereocenters. The predicted molar refractivity (Wildman–Crippen MR) is 153 cm³/mol. The van der Waals surface area contributed by atoms with Crippen LogP contribution in [0.1, 0.15) is 60.6 Å². The van der Waals surface area contributed by atoms with Gasteiger partial charge in [0.15, 0.2) is 0 Å². The summed E-state index contributed by atoms with van der Waals surface area (Å²) in [5.41, 5.74) is 3.29. The van der Waals surface area contributed by atoms with Gasteiger partial charge in [0.05, 0.1) is 12.6 Å². The van der Waals surface area contributed by atoms with Crippen molar-refractivity contribution in [3.05, 3.63) is 40.6 Å². The van der Waals surface area contributed by atoms with Crippen LogP contribution in [0.3, 0.4) is 0 Å². The third-order valence-electron chi connectivity index (χ3n) is 4.27. The molecule has 1 aliphatic rings. The van der Waals surface area contributed by atoms with Crippen LogP contribution in [0.25, 0.3) is 0 Å². The van der Waals surface area contributed by atoms with Crippen LogP contribution < -0.4 is 15.4 Å². The number of carbonyl (C=O) groups excluding carboxylic acids is 1. The van der Waals surface area contributed by atoms with E-state index in [-0.39, 0.29) is 27.8 Å². The maximum atomic E-state index is 12.1. The molecule has 1 heterocycles. The minimum atomic E-state index is -0.353. The lowest BCUT2D eigenvalue weighted by atomic mass is 9.92. The standard InChI is InChI=1S/C29H20N2O2.11H2/c1-5-7-8-9-10-11-12-13-14-15-16-17-18-20-25-21-19-22-26(33-6-2)27(25)28-23(3)24(4)30-29(32)31-28;;;;;;;;;;;/h19,21-22,28H,6H2,1-4H3,(H2,30,31,32);11*1H. The van der Waals surface area contributed by atoms with Gasteiger partial charge in [0, 0.05) is 32.5 Å². The quantitative estimate of drug-likeness (QED) is 0.569. The SMILES string of the molecule is CC#CC#CC#CC#CC#CC#CC#Cc1cccc(OCC)c1C1NC(=O)NC(C)=C1C.[HH].[HH].[HH].[HH].[HH].[HH].[HH].[HH].[HH].[HH].[HH]. The molecule has 0 bridgehead atoms. The number of rotatable bonds is 3. The lowest BCUT2D eigenvalue weighted by molar-refractivity contribution is 0.238.